The smallest absolute Gasteiger partial charge is 0.118 e. The van der Waals surface area contributed by atoms with Gasteiger partial charge in [0, 0.05) is 48.0 Å². The fraction of sp³-hybridized carbons (Fsp3) is 0.0233. The first kappa shape index (κ1) is 27.5. The van der Waals surface area contributed by atoms with Crippen LogP contribution in [0.15, 0.2) is 164 Å². The summed E-state index contributed by atoms with van der Waals surface area (Å²) >= 11 is 1.85. The SMILES string of the molecule is COc1ccc(-c2ccc3c(c2)c2c(N(c4ccccc4)c4ccc5sc6ccccc6c5c4)cccc2n3-c2ccccc2)cc1. The Morgan fingerprint density at radius 2 is 1.23 bits per heavy atom. The van der Waals surface area contributed by atoms with Gasteiger partial charge >= 0.3 is 0 Å². The number of aromatic nitrogens is 1. The number of rotatable bonds is 6. The Hall–Kier alpha value is -5.84. The molecule has 0 amide bonds. The number of hydrogen-bond donors (Lipinski definition) is 0. The second kappa shape index (κ2) is 11.2. The highest BCUT2D eigenvalue weighted by Crippen LogP contribution is 2.46. The summed E-state index contributed by atoms with van der Waals surface area (Å²) in [5.41, 5.74) is 9.18. The van der Waals surface area contributed by atoms with Crippen molar-refractivity contribution < 1.29 is 4.74 Å². The largest absolute Gasteiger partial charge is 0.497 e. The molecule has 0 aliphatic rings. The molecule has 224 valence electrons. The number of benzene rings is 7. The first-order valence-electron chi connectivity index (χ1n) is 15.8. The molecule has 9 rings (SSSR count). The zero-order chi connectivity index (χ0) is 31.3. The topological polar surface area (TPSA) is 17.4 Å². The van der Waals surface area contributed by atoms with Gasteiger partial charge in [0.25, 0.3) is 0 Å². The van der Waals surface area contributed by atoms with Crippen molar-refractivity contribution in [2.45, 2.75) is 0 Å². The summed E-state index contributed by atoms with van der Waals surface area (Å²) in [6.45, 7) is 0. The summed E-state index contributed by atoms with van der Waals surface area (Å²) in [6, 6.07) is 58.9. The zero-order valence-electron chi connectivity index (χ0n) is 25.8. The molecule has 47 heavy (non-hydrogen) atoms. The number of ether oxygens (including phenoxy) is 1. The van der Waals surface area contributed by atoms with Crippen molar-refractivity contribution in [1.82, 2.24) is 4.57 Å². The van der Waals surface area contributed by atoms with E-state index in [2.05, 4.69) is 161 Å². The molecular weight excluding hydrogens is 593 g/mol. The van der Waals surface area contributed by atoms with Crippen LogP contribution in [-0.2, 0) is 0 Å². The van der Waals surface area contributed by atoms with E-state index in [0.717, 1.165) is 34.1 Å². The number of hydrogen-bond acceptors (Lipinski definition) is 3. The summed E-state index contributed by atoms with van der Waals surface area (Å²) in [6.07, 6.45) is 0. The van der Waals surface area contributed by atoms with Crippen LogP contribution >= 0.6 is 11.3 Å². The van der Waals surface area contributed by atoms with Gasteiger partial charge in [-0.05, 0) is 96.1 Å². The van der Waals surface area contributed by atoms with Crippen LogP contribution in [-0.4, -0.2) is 11.7 Å². The van der Waals surface area contributed by atoms with E-state index in [0.29, 0.717) is 0 Å². The Morgan fingerprint density at radius 1 is 0.511 bits per heavy atom. The van der Waals surface area contributed by atoms with Crippen molar-refractivity contribution >= 4 is 70.4 Å². The third-order valence-electron chi connectivity index (χ3n) is 9.08. The molecular formula is C43H30N2OS. The van der Waals surface area contributed by atoms with Gasteiger partial charge < -0.3 is 14.2 Å². The third kappa shape index (κ3) is 4.57. The van der Waals surface area contributed by atoms with E-state index in [4.69, 9.17) is 4.74 Å². The first-order valence-corrected chi connectivity index (χ1v) is 16.6. The average molecular weight is 623 g/mol. The molecule has 3 nitrogen and oxygen atoms in total. The molecule has 7 aromatic carbocycles. The second-order valence-electron chi connectivity index (χ2n) is 11.8. The van der Waals surface area contributed by atoms with E-state index in [1.165, 1.54) is 47.5 Å². The van der Waals surface area contributed by atoms with Crippen LogP contribution in [0.25, 0.3) is 58.8 Å². The lowest BCUT2D eigenvalue weighted by atomic mass is 10.0. The standard InChI is InChI=1S/C43H30N2OS/c1-46-34-23-19-29(20-24-34)30-21-25-38-37(27-30)43-39(16-10-17-40(43)45(38)32-13-6-3-7-14-32)44(31-11-4-2-5-12-31)33-22-26-42-36(28-33)35-15-8-9-18-41(35)47-42/h2-28H,1H3. The lowest BCUT2D eigenvalue weighted by Gasteiger charge is -2.26. The summed E-state index contributed by atoms with van der Waals surface area (Å²) < 4.78 is 10.4. The highest BCUT2D eigenvalue weighted by atomic mass is 32.1. The number of para-hydroxylation sites is 2. The quantitative estimate of drug-likeness (QED) is 0.184. The van der Waals surface area contributed by atoms with Crippen molar-refractivity contribution in [3.8, 4) is 22.6 Å². The summed E-state index contributed by atoms with van der Waals surface area (Å²) in [7, 11) is 1.71. The molecule has 2 heterocycles. The number of fused-ring (bicyclic) bond motifs is 6. The molecule has 0 fully saturated rings. The Bertz CT molecular complexity index is 2550. The zero-order valence-corrected chi connectivity index (χ0v) is 26.6. The van der Waals surface area contributed by atoms with Gasteiger partial charge in [-0.25, -0.2) is 0 Å². The molecule has 9 aromatic rings. The molecule has 0 spiro atoms. The molecule has 0 atom stereocenters. The fourth-order valence-corrected chi connectivity index (χ4v) is 8.00. The van der Waals surface area contributed by atoms with Crippen molar-refractivity contribution in [1.29, 1.82) is 0 Å². The lowest BCUT2D eigenvalue weighted by molar-refractivity contribution is 0.415. The maximum Gasteiger partial charge on any atom is 0.118 e. The third-order valence-corrected chi connectivity index (χ3v) is 10.2. The van der Waals surface area contributed by atoms with Crippen LogP contribution < -0.4 is 9.64 Å². The molecule has 2 aromatic heterocycles. The van der Waals surface area contributed by atoms with Gasteiger partial charge in [0.1, 0.15) is 5.75 Å². The molecule has 4 heteroatoms. The van der Waals surface area contributed by atoms with Gasteiger partial charge in [-0.2, -0.15) is 0 Å². The Labute approximate surface area is 277 Å². The molecule has 0 N–H and O–H groups in total. The van der Waals surface area contributed by atoms with Crippen LogP contribution in [0.4, 0.5) is 17.1 Å². The second-order valence-corrected chi connectivity index (χ2v) is 12.8. The van der Waals surface area contributed by atoms with E-state index in [1.807, 2.05) is 23.5 Å². The van der Waals surface area contributed by atoms with Crippen LogP contribution in [0.3, 0.4) is 0 Å². The highest BCUT2D eigenvalue weighted by molar-refractivity contribution is 7.25. The normalized spacial score (nSPS) is 11.5. The minimum atomic E-state index is 0.853. The minimum Gasteiger partial charge on any atom is -0.497 e. The van der Waals surface area contributed by atoms with E-state index >= 15 is 0 Å². The predicted molar refractivity (Wildman–Crippen MR) is 200 cm³/mol. The monoisotopic (exact) mass is 622 g/mol. The molecule has 0 unspecified atom stereocenters. The maximum atomic E-state index is 5.45. The molecule has 0 aliphatic heterocycles. The maximum absolute atomic E-state index is 5.45. The summed E-state index contributed by atoms with van der Waals surface area (Å²) in [5.74, 6) is 0.853. The Morgan fingerprint density at radius 3 is 2.04 bits per heavy atom. The van der Waals surface area contributed by atoms with E-state index in [-0.39, 0.29) is 0 Å². The van der Waals surface area contributed by atoms with Crippen LogP contribution in [0.1, 0.15) is 0 Å². The van der Waals surface area contributed by atoms with Crippen molar-refractivity contribution in [3.05, 3.63) is 164 Å². The predicted octanol–water partition coefficient (Wildman–Crippen LogP) is 12.3. The molecule has 0 saturated heterocycles. The highest BCUT2D eigenvalue weighted by Gasteiger charge is 2.22. The summed E-state index contributed by atoms with van der Waals surface area (Å²) in [4.78, 5) is 2.42. The van der Waals surface area contributed by atoms with Gasteiger partial charge in [0.2, 0.25) is 0 Å². The Balaban J connectivity index is 1.35. The van der Waals surface area contributed by atoms with Gasteiger partial charge in [-0.1, -0.05) is 78.9 Å². The van der Waals surface area contributed by atoms with Crippen LogP contribution in [0.5, 0.6) is 5.75 Å². The van der Waals surface area contributed by atoms with Crippen LogP contribution in [0, 0.1) is 0 Å². The molecule has 0 radical (unpaired) electrons. The average Bonchev–Trinajstić information content (AvgIpc) is 3.68. The minimum absolute atomic E-state index is 0.853. The van der Waals surface area contributed by atoms with Crippen LogP contribution in [0.2, 0.25) is 0 Å². The Kier molecular flexibility index (Phi) is 6.54. The first-order chi connectivity index (χ1) is 23.3. The van der Waals surface area contributed by atoms with Gasteiger partial charge in [-0.3, -0.25) is 0 Å². The fourth-order valence-electron chi connectivity index (χ4n) is 6.91. The van der Waals surface area contributed by atoms with Crippen molar-refractivity contribution in [3.63, 3.8) is 0 Å². The molecule has 0 saturated carbocycles. The molecule has 0 aliphatic carbocycles. The van der Waals surface area contributed by atoms with E-state index < -0.39 is 0 Å². The van der Waals surface area contributed by atoms with Gasteiger partial charge in [-0.15, -0.1) is 11.3 Å². The number of nitrogens with zero attached hydrogens (tertiary/aromatic N) is 2. The van der Waals surface area contributed by atoms with E-state index in [1.54, 1.807) is 7.11 Å². The molecule has 0 bridgehead atoms. The number of thiophene rings is 1. The van der Waals surface area contributed by atoms with Gasteiger partial charge in [0.05, 0.1) is 23.8 Å². The van der Waals surface area contributed by atoms with Gasteiger partial charge in [0.15, 0.2) is 0 Å². The summed E-state index contributed by atoms with van der Waals surface area (Å²) in [5, 5.41) is 4.99. The number of methoxy groups -OCH3 is 1. The van der Waals surface area contributed by atoms with Crippen molar-refractivity contribution in [2.24, 2.45) is 0 Å². The number of anilines is 3. The van der Waals surface area contributed by atoms with Crippen molar-refractivity contribution in [2.75, 3.05) is 12.0 Å². The lowest BCUT2D eigenvalue weighted by Crippen LogP contribution is -2.10. The van der Waals surface area contributed by atoms with E-state index in [9.17, 15) is 0 Å².